The van der Waals surface area contributed by atoms with Crippen molar-refractivity contribution in [3.05, 3.63) is 0 Å². The Balaban J connectivity index is 3.42. The molecule has 0 saturated carbocycles. The molecule has 1 saturated heterocycles. The molecule has 1 aliphatic rings. The second kappa shape index (κ2) is 30.9. The minimum absolute atomic E-state index is 0.0270. The van der Waals surface area contributed by atoms with Gasteiger partial charge in [-0.25, -0.2) is 0 Å². The minimum Gasteiger partial charge on any atom is -0.391 e. The molecule has 402 valence electrons. The second-order valence-corrected chi connectivity index (χ2v) is 18.1. The number of hydrogen-bond acceptors (Lipinski definition) is 13. The van der Waals surface area contributed by atoms with Crippen molar-refractivity contribution in [3.8, 4) is 0 Å². The topological polar surface area (TPSA) is 424 Å². The number of likely N-dealkylation sites (tertiary alicyclic amines) is 1. The molecule has 12 atom stereocenters. The van der Waals surface area contributed by atoms with Crippen LogP contribution in [0.4, 0.5) is 0 Å². The Morgan fingerprint density at radius 3 is 1.58 bits per heavy atom. The molecule has 26 nitrogen and oxygen atoms in total. The monoisotopic (exact) mass is 1010 g/mol. The van der Waals surface area contributed by atoms with Crippen LogP contribution in [0.1, 0.15) is 127 Å². The van der Waals surface area contributed by atoms with Crippen LogP contribution in [-0.2, 0) is 52.7 Å². The summed E-state index contributed by atoms with van der Waals surface area (Å²) in [6.45, 7) is 14.0. The summed E-state index contributed by atoms with van der Waals surface area (Å²) in [5, 5.41) is 31.2. The summed E-state index contributed by atoms with van der Waals surface area (Å²) in [6.07, 6.45) is -0.0585. The summed E-state index contributed by atoms with van der Waals surface area (Å²) < 4.78 is 0. The zero-order chi connectivity index (χ0) is 54.3. The quantitative estimate of drug-likeness (QED) is 0.0179. The largest absolute Gasteiger partial charge is 0.391 e. The van der Waals surface area contributed by atoms with E-state index < -0.39 is 137 Å². The van der Waals surface area contributed by atoms with E-state index in [1.165, 1.54) is 32.6 Å². The summed E-state index contributed by atoms with van der Waals surface area (Å²) in [5.74, 6) is -9.63. The summed E-state index contributed by atoms with van der Waals surface area (Å²) in [4.78, 5) is 150. The SMILES string of the molecule is CCC[C@H](NC(=O)[C@@H](NC(=O)[C@H](NC(=O)[C@H](CCC(N)=O)NC(=O)[C@H](C)NC(C)=O)[C@@H](C)CC)[C@@H](C)O)C(=O)N[C@H](C(=O)N[C@@H](CCCN=C(N)N)C(=O)N1CCC[C@H]1C(=O)N[C@H](C)C(N)=O)[C@@H](C)CC. The van der Waals surface area contributed by atoms with Gasteiger partial charge in [-0.1, -0.05) is 53.9 Å². The number of nitrogens with zero attached hydrogens (tertiary/aromatic N) is 2. The molecule has 11 amide bonds. The molecule has 1 rings (SSSR count). The molecule has 26 heteroatoms. The van der Waals surface area contributed by atoms with Crippen LogP contribution >= 0.6 is 0 Å². The van der Waals surface area contributed by atoms with Crippen molar-refractivity contribution in [2.45, 2.75) is 187 Å². The number of rotatable bonds is 31. The van der Waals surface area contributed by atoms with Gasteiger partial charge in [-0.05, 0) is 71.1 Å². The molecule has 1 aliphatic heterocycles. The highest BCUT2D eigenvalue weighted by molar-refractivity contribution is 5.99. The Hall–Kier alpha value is -6.60. The van der Waals surface area contributed by atoms with Crippen LogP contribution in [0.15, 0.2) is 4.99 Å². The van der Waals surface area contributed by atoms with Gasteiger partial charge in [0.05, 0.1) is 6.10 Å². The van der Waals surface area contributed by atoms with Crippen LogP contribution in [0.25, 0.3) is 0 Å². The first-order valence-electron chi connectivity index (χ1n) is 24.2. The van der Waals surface area contributed by atoms with Crippen molar-refractivity contribution < 1.29 is 57.8 Å². The molecule has 0 spiro atoms. The highest BCUT2D eigenvalue weighted by Gasteiger charge is 2.40. The first-order chi connectivity index (χ1) is 33.2. The third-order valence-corrected chi connectivity index (χ3v) is 12.2. The molecular formula is C45H80N14O12. The summed E-state index contributed by atoms with van der Waals surface area (Å²) in [5.41, 5.74) is 21.6. The molecule has 0 aromatic rings. The number of carbonyl (C=O) groups excluding carboxylic acids is 11. The summed E-state index contributed by atoms with van der Waals surface area (Å²) in [6, 6.07) is -11.2. The number of aliphatic hydroxyl groups is 1. The highest BCUT2D eigenvalue weighted by Crippen LogP contribution is 2.21. The van der Waals surface area contributed by atoms with Crippen LogP contribution in [0.5, 0.6) is 0 Å². The van der Waals surface area contributed by atoms with Gasteiger partial charge in [-0.15, -0.1) is 0 Å². The average molecular weight is 1010 g/mol. The number of carbonyl (C=O) groups is 11. The average Bonchev–Trinajstić information content (AvgIpc) is 3.80. The number of nitrogens with one attached hydrogen (secondary N) is 8. The first kappa shape index (κ1) is 62.4. The molecule has 0 unspecified atom stereocenters. The predicted molar refractivity (Wildman–Crippen MR) is 260 cm³/mol. The second-order valence-electron chi connectivity index (χ2n) is 18.1. The van der Waals surface area contributed by atoms with Crippen molar-refractivity contribution in [1.29, 1.82) is 0 Å². The molecule has 71 heavy (non-hydrogen) atoms. The summed E-state index contributed by atoms with van der Waals surface area (Å²) >= 11 is 0. The minimum atomic E-state index is -1.68. The lowest BCUT2D eigenvalue weighted by atomic mass is 9.96. The number of nitrogens with two attached hydrogens (primary N) is 4. The van der Waals surface area contributed by atoms with E-state index in [1.54, 1.807) is 34.6 Å². The third kappa shape index (κ3) is 21.1. The lowest BCUT2D eigenvalue weighted by Gasteiger charge is -2.32. The van der Waals surface area contributed by atoms with E-state index in [4.69, 9.17) is 22.9 Å². The highest BCUT2D eigenvalue weighted by atomic mass is 16.3. The maximum absolute atomic E-state index is 14.2. The van der Waals surface area contributed by atoms with E-state index in [1.807, 2.05) is 0 Å². The van der Waals surface area contributed by atoms with Gasteiger partial charge in [0.25, 0.3) is 0 Å². The van der Waals surface area contributed by atoms with E-state index >= 15 is 0 Å². The number of aliphatic hydroxyl groups excluding tert-OH is 1. The van der Waals surface area contributed by atoms with Crippen LogP contribution < -0.4 is 65.5 Å². The molecule has 1 heterocycles. The van der Waals surface area contributed by atoms with E-state index in [0.717, 1.165) is 0 Å². The molecule has 17 N–H and O–H groups in total. The van der Waals surface area contributed by atoms with Gasteiger partial charge in [0, 0.05) is 26.4 Å². The van der Waals surface area contributed by atoms with Crippen molar-refractivity contribution in [1.82, 2.24) is 47.4 Å². The van der Waals surface area contributed by atoms with Crippen LogP contribution in [0, 0.1) is 11.8 Å². The Morgan fingerprint density at radius 2 is 1.10 bits per heavy atom. The van der Waals surface area contributed by atoms with Crippen LogP contribution in [0.3, 0.4) is 0 Å². The maximum Gasteiger partial charge on any atom is 0.245 e. The standard InChI is InChI=1S/C45H80N14O12/c1-10-15-28(54-43(70)35(26(8)60)58-42(69)34(23(5)12-3)57-39(66)29(18-19-32(46)62)53-37(64)25(7)51-27(9)61)38(65)56-33(22(4)11-2)41(68)55-30(16-13-20-50-45(48)49)44(71)59-21-14-17-31(59)40(67)52-24(6)36(47)63/h22-26,28-31,33-35,60H,10-21H2,1-9H3,(H2,46,62)(H2,47,63)(H,51,61)(H,52,67)(H,53,64)(H,54,70)(H,55,68)(H,56,65)(H,57,66)(H,58,69)(H4,48,49,50)/t22-,23-,24+,25-,26+,28-,29-,30-,31-,33-,34+,35-/m0/s1. The van der Waals surface area contributed by atoms with Crippen molar-refractivity contribution in [2.24, 2.45) is 39.8 Å². The molecule has 0 aromatic carbocycles. The fourth-order valence-electron chi connectivity index (χ4n) is 7.51. The number of primary amides is 2. The van der Waals surface area contributed by atoms with Gasteiger partial charge >= 0.3 is 0 Å². The molecule has 0 bridgehead atoms. The fraction of sp³-hybridized carbons (Fsp3) is 0.733. The predicted octanol–water partition coefficient (Wildman–Crippen LogP) is -4.01. The zero-order valence-corrected chi connectivity index (χ0v) is 42.6. The molecular weight excluding hydrogens is 929 g/mol. The Labute approximate surface area is 415 Å². The van der Waals surface area contributed by atoms with Crippen molar-refractivity contribution >= 4 is 70.9 Å². The van der Waals surface area contributed by atoms with Gasteiger partial charge in [0.15, 0.2) is 5.96 Å². The molecule has 0 aliphatic carbocycles. The smallest absolute Gasteiger partial charge is 0.245 e. The van der Waals surface area contributed by atoms with E-state index in [0.29, 0.717) is 25.7 Å². The van der Waals surface area contributed by atoms with Gasteiger partial charge in [0.1, 0.15) is 54.4 Å². The maximum atomic E-state index is 14.2. The van der Waals surface area contributed by atoms with Gasteiger partial charge in [-0.2, -0.15) is 0 Å². The fourth-order valence-corrected chi connectivity index (χ4v) is 7.51. The van der Waals surface area contributed by atoms with E-state index in [-0.39, 0.29) is 57.6 Å². The number of amides is 11. The lowest BCUT2D eigenvalue weighted by Crippen LogP contribution is -2.63. The molecule has 0 aromatic heterocycles. The molecule has 0 radical (unpaired) electrons. The van der Waals surface area contributed by atoms with Gasteiger partial charge in [-0.3, -0.25) is 57.7 Å². The normalized spacial score (nSPS) is 17.8. The zero-order valence-electron chi connectivity index (χ0n) is 42.6. The Kier molecular flexibility index (Phi) is 27.2. The number of guanidine groups is 1. The van der Waals surface area contributed by atoms with Crippen molar-refractivity contribution in [2.75, 3.05) is 13.1 Å². The summed E-state index contributed by atoms with van der Waals surface area (Å²) in [7, 11) is 0. The number of aliphatic imine (C=N–C) groups is 1. The van der Waals surface area contributed by atoms with E-state index in [9.17, 15) is 57.8 Å². The van der Waals surface area contributed by atoms with E-state index in [2.05, 4.69) is 47.5 Å². The third-order valence-electron chi connectivity index (χ3n) is 12.2. The van der Waals surface area contributed by atoms with Crippen LogP contribution in [0.2, 0.25) is 0 Å². The number of hydrogen-bond donors (Lipinski definition) is 13. The first-order valence-corrected chi connectivity index (χ1v) is 24.2. The van der Waals surface area contributed by atoms with Crippen LogP contribution in [-0.4, -0.2) is 155 Å². The Bertz CT molecular complexity index is 1910. The van der Waals surface area contributed by atoms with Gasteiger partial charge < -0.3 is 75.5 Å². The van der Waals surface area contributed by atoms with Crippen molar-refractivity contribution in [3.63, 3.8) is 0 Å². The lowest BCUT2D eigenvalue weighted by molar-refractivity contribution is -0.142. The molecule has 1 fully saturated rings. The Morgan fingerprint density at radius 1 is 0.606 bits per heavy atom. The van der Waals surface area contributed by atoms with Gasteiger partial charge in [0.2, 0.25) is 65.0 Å².